The van der Waals surface area contributed by atoms with Gasteiger partial charge in [-0.3, -0.25) is 47.9 Å². The van der Waals surface area contributed by atoms with Crippen LogP contribution < -0.4 is 43.0 Å². The lowest BCUT2D eigenvalue weighted by atomic mass is 10.0. The van der Waals surface area contributed by atoms with Crippen molar-refractivity contribution in [2.75, 3.05) is 38.2 Å². The third-order valence-electron chi connectivity index (χ3n) is 10.9. The van der Waals surface area contributed by atoms with Gasteiger partial charge in [-0.25, -0.2) is 0 Å². The summed E-state index contributed by atoms with van der Waals surface area (Å²) in [4.78, 5) is 141. The number of carbonyl (C=O) groups excluding carboxylic acids is 10. The van der Waals surface area contributed by atoms with Gasteiger partial charge < -0.3 is 57.9 Å². The number of aliphatic hydroxyl groups excluding tert-OH is 1. The number of benzene rings is 2. The van der Waals surface area contributed by atoms with E-state index in [2.05, 4.69) is 42.2 Å². The number of thioether (sulfide) groups is 1. The van der Waals surface area contributed by atoms with Crippen molar-refractivity contribution >= 4 is 87.7 Å². The summed E-state index contributed by atoms with van der Waals surface area (Å²) in [5, 5.41) is 27.4. The molecule has 0 radical (unpaired) electrons. The predicted molar refractivity (Wildman–Crippen MR) is 241 cm³/mol. The highest BCUT2D eigenvalue weighted by atomic mass is 32.2. The molecule has 0 spiro atoms. The molecule has 2 aliphatic rings. The highest BCUT2D eigenvalue weighted by Gasteiger charge is 2.40. The van der Waals surface area contributed by atoms with Crippen molar-refractivity contribution in [2.45, 2.75) is 75.2 Å². The first-order chi connectivity index (χ1) is 31.7. The molecule has 0 saturated carbocycles. The van der Waals surface area contributed by atoms with Crippen LogP contribution in [-0.4, -0.2) is 142 Å². The van der Waals surface area contributed by atoms with Gasteiger partial charge in [0.1, 0.15) is 29.9 Å². The third-order valence-corrected chi connectivity index (χ3v) is 11.5. The van der Waals surface area contributed by atoms with Crippen LogP contribution in [0, 0.1) is 0 Å². The molecule has 2 aromatic carbocycles. The van der Waals surface area contributed by atoms with E-state index in [4.69, 9.17) is 5.73 Å². The maximum atomic E-state index is 14.4. The van der Waals surface area contributed by atoms with Crippen LogP contribution in [0.2, 0.25) is 0 Å². The fourth-order valence-corrected chi connectivity index (χ4v) is 7.86. The van der Waals surface area contributed by atoms with E-state index in [1.807, 2.05) is 0 Å². The van der Waals surface area contributed by atoms with Crippen molar-refractivity contribution in [1.82, 2.24) is 47.1 Å². The Morgan fingerprint density at radius 1 is 0.848 bits per heavy atom. The molecule has 66 heavy (non-hydrogen) atoms. The van der Waals surface area contributed by atoms with Crippen molar-refractivity contribution in [2.24, 2.45) is 5.73 Å². The number of carbonyl (C=O) groups is 10. The van der Waals surface area contributed by atoms with Crippen LogP contribution in [0.4, 0.5) is 0 Å². The normalized spacial score (nSPS) is 22.1. The SMILES string of the molecule is CSCC[C@@H]1NC(=O)[C@@H]2CCCN2C(=O)[C@@H](NC(=O)c2ccccc2)CNC(=O)[C@@H](CCC(N)=O)NC(=O)C(=Cc2c[nH]c3ccccc23)NC(=O)[C@@H](CCC(=O)NCCO)NC(=O)C1=O. The number of aliphatic hydroxyl groups is 1. The minimum atomic E-state index is -1.65. The van der Waals surface area contributed by atoms with Crippen molar-refractivity contribution in [3.8, 4) is 0 Å². The van der Waals surface area contributed by atoms with E-state index in [0.717, 1.165) is 0 Å². The number of primary amides is 1. The number of hydrogen-bond acceptors (Lipinski definition) is 12. The van der Waals surface area contributed by atoms with E-state index in [1.54, 1.807) is 54.9 Å². The van der Waals surface area contributed by atoms with E-state index >= 15 is 0 Å². The van der Waals surface area contributed by atoms with E-state index in [9.17, 15) is 53.1 Å². The Morgan fingerprint density at radius 2 is 1.55 bits per heavy atom. The number of aromatic nitrogens is 1. The van der Waals surface area contributed by atoms with Crippen LogP contribution >= 0.6 is 11.8 Å². The molecule has 11 N–H and O–H groups in total. The van der Waals surface area contributed by atoms with Gasteiger partial charge in [-0.2, -0.15) is 11.8 Å². The van der Waals surface area contributed by atoms with Crippen LogP contribution in [0.25, 0.3) is 17.0 Å². The molecule has 2 saturated heterocycles. The number of nitrogens with two attached hydrogens (primary N) is 1. The highest BCUT2D eigenvalue weighted by molar-refractivity contribution is 7.98. The van der Waals surface area contributed by atoms with Crippen molar-refractivity contribution in [1.29, 1.82) is 0 Å². The van der Waals surface area contributed by atoms with E-state index in [0.29, 0.717) is 28.6 Å². The zero-order valence-corrected chi connectivity index (χ0v) is 37.0. The molecule has 3 aromatic rings. The van der Waals surface area contributed by atoms with Crippen LogP contribution in [0.1, 0.15) is 60.9 Å². The number of nitrogens with zero attached hydrogens (tertiary/aromatic N) is 1. The second-order valence-corrected chi connectivity index (χ2v) is 16.5. The van der Waals surface area contributed by atoms with Gasteiger partial charge in [0.05, 0.1) is 12.6 Å². The van der Waals surface area contributed by atoms with Crippen LogP contribution in [0.15, 0.2) is 66.5 Å². The Hall–Kier alpha value is -7.07. The average molecular weight is 931 g/mol. The molecular formula is C44H54N10O11S. The van der Waals surface area contributed by atoms with Crippen LogP contribution in [0.3, 0.4) is 0 Å². The van der Waals surface area contributed by atoms with Crippen LogP contribution in [0.5, 0.6) is 0 Å². The molecule has 22 heteroatoms. The van der Waals surface area contributed by atoms with Crippen molar-refractivity contribution in [3.63, 3.8) is 0 Å². The number of rotatable bonds is 14. The van der Waals surface area contributed by atoms with Gasteiger partial charge in [-0.15, -0.1) is 0 Å². The topological polar surface area (TPSA) is 320 Å². The van der Waals surface area contributed by atoms with Gasteiger partial charge in [0.15, 0.2) is 0 Å². The molecule has 352 valence electrons. The summed E-state index contributed by atoms with van der Waals surface area (Å²) < 4.78 is 0. The lowest BCUT2D eigenvalue weighted by Crippen LogP contribution is -2.60. The Labute approximate surface area is 383 Å². The largest absolute Gasteiger partial charge is 0.395 e. The molecule has 2 aliphatic heterocycles. The summed E-state index contributed by atoms with van der Waals surface area (Å²) in [5.74, 6) is -8.79. The second-order valence-electron chi connectivity index (χ2n) is 15.5. The maximum Gasteiger partial charge on any atom is 0.290 e. The number of amides is 9. The fraction of sp³-hybridized carbons (Fsp3) is 0.409. The van der Waals surface area contributed by atoms with Crippen molar-refractivity contribution < 1.29 is 53.1 Å². The lowest BCUT2D eigenvalue weighted by molar-refractivity contribution is -0.143. The average Bonchev–Trinajstić information content (AvgIpc) is 3.98. The molecule has 1 aromatic heterocycles. The minimum absolute atomic E-state index is 0.0311. The maximum absolute atomic E-state index is 14.4. The Morgan fingerprint density at radius 3 is 2.27 bits per heavy atom. The summed E-state index contributed by atoms with van der Waals surface area (Å²) in [6, 6.07) is 7.65. The van der Waals surface area contributed by atoms with Gasteiger partial charge in [0.2, 0.25) is 41.2 Å². The third kappa shape index (κ3) is 13.7. The summed E-state index contributed by atoms with van der Waals surface area (Å²) >= 11 is 1.33. The van der Waals surface area contributed by atoms with Crippen LogP contribution in [-0.2, 0) is 43.2 Å². The number of H-pyrrole nitrogens is 1. The fourth-order valence-electron chi connectivity index (χ4n) is 7.39. The number of para-hydroxylation sites is 1. The highest BCUT2D eigenvalue weighted by Crippen LogP contribution is 2.22. The zero-order valence-electron chi connectivity index (χ0n) is 36.2. The number of fused-ring (bicyclic) bond motifs is 2. The molecule has 2 fully saturated rings. The first-order valence-electron chi connectivity index (χ1n) is 21.3. The van der Waals surface area contributed by atoms with Gasteiger partial charge in [0, 0.05) is 60.7 Å². The molecular weight excluding hydrogens is 877 g/mol. The molecule has 0 bridgehead atoms. The monoisotopic (exact) mass is 930 g/mol. The van der Waals surface area contributed by atoms with E-state index < -0.39 is 114 Å². The predicted octanol–water partition coefficient (Wildman–Crippen LogP) is -1.52. The van der Waals surface area contributed by atoms with Gasteiger partial charge >= 0.3 is 0 Å². The molecule has 3 heterocycles. The number of aromatic amines is 1. The summed E-state index contributed by atoms with van der Waals surface area (Å²) in [6.07, 6.45) is 3.49. The first-order valence-corrected chi connectivity index (χ1v) is 22.7. The van der Waals surface area contributed by atoms with E-state index in [-0.39, 0.29) is 50.9 Å². The minimum Gasteiger partial charge on any atom is -0.395 e. The molecule has 5 atom stereocenters. The number of nitrogens with one attached hydrogen (secondary N) is 8. The molecule has 0 unspecified atom stereocenters. The molecule has 9 amide bonds. The molecule has 21 nitrogen and oxygen atoms in total. The lowest BCUT2D eigenvalue weighted by Gasteiger charge is -2.30. The van der Waals surface area contributed by atoms with Crippen molar-refractivity contribution in [3.05, 3.63) is 77.6 Å². The number of ketones is 1. The quantitative estimate of drug-likeness (QED) is 0.0651. The second kappa shape index (κ2) is 24.3. The summed E-state index contributed by atoms with van der Waals surface area (Å²) in [6.45, 7) is -0.982. The van der Waals surface area contributed by atoms with E-state index in [1.165, 1.54) is 34.9 Å². The van der Waals surface area contributed by atoms with Gasteiger partial charge in [-0.1, -0.05) is 36.4 Å². The standard InChI is InChI=1S/C44H54N10O11S/c1-66-21-17-29-37(58)43(64)51-31(14-16-36(57)46-18-20-55)40(61)52-32(22-26-23-47-28-11-6-5-10-27(26)28)41(62)50-30(13-15-35(45)56)39(60)48-24-33(53-38(59)25-8-3-2-4-9-25)44(65)54-19-7-12-34(54)42(63)49-29/h2-6,8-11,22-23,29-31,33-34,47,55H,7,12-21,24H2,1H3,(H2,45,56)(H,46,57)(H,48,60)(H,49,63)(H,50,62)(H,51,64)(H,52,61)(H,53,59)/t29-,30+,31+,33-,34-/m0/s1. The Balaban J connectivity index is 1.58. The smallest absolute Gasteiger partial charge is 0.290 e. The summed E-state index contributed by atoms with van der Waals surface area (Å²) in [7, 11) is 0. The van der Waals surface area contributed by atoms with Gasteiger partial charge in [-0.05, 0) is 68.4 Å². The first kappa shape index (κ1) is 49.9. The van der Waals surface area contributed by atoms with Gasteiger partial charge in [0.25, 0.3) is 17.7 Å². The number of hydrogen-bond donors (Lipinski definition) is 10. The molecule has 0 aliphatic carbocycles. The summed E-state index contributed by atoms with van der Waals surface area (Å²) in [5.41, 5.74) is 6.21. The Bertz CT molecular complexity index is 2340. The molecule has 5 rings (SSSR count). The number of Topliss-reactive ketones (excluding diaryl/α,β-unsaturated/α-hetero) is 1. The Kier molecular flexibility index (Phi) is 18.4. The zero-order chi connectivity index (χ0) is 47.8.